The number of carbonyl (C=O) groups excluding carboxylic acids is 3. The molecule has 47 heavy (non-hydrogen) atoms. The van der Waals surface area contributed by atoms with Crippen LogP contribution in [0.2, 0.25) is 0 Å². The van der Waals surface area contributed by atoms with Crippen molar-refractivity contribution in [2.45, 2.75) is 17.1 Å². The third kappa shape index (κ3) is 9.35. The molecule has 0 radical (unpaired) electrons. The highest BCUT2D eigenvalue weighted by Crippen LogP contribution is 2.27. The number of carbonyl (C=O) groups is 3. The molecule has 0 spiro atoms. The van der Waals surface area contributed by atoms with Gasteiger partial charge >= 0.3 is 0 Å². The number of anilines is 2. The highest BCUT2D eigenvalue weighted by molar-refractivity contribution is 8.00. The van der Waals surface area contributed by atoms with E-state index in [4.69, 9.17) is 9.47 Å². The normalized spacial score (nSPS) is 11.6. The van der Waals surface area contributed by atoms with E-state index in [9.17, 15) is 14.4 Å². The first kappa shape index (κ1) is 32.6. The van der Waals surface area contributed by atoms with Gasteiger partial charge in [0.15, 0.2) is 0 Å². The van der Waals surface area contributed by atoms with Crippen molar-refractivity contribution in [3.05, 3.63) is 150 Å². The smallest absolute Gasteiger partial charge is 0.272 e. The van der Waals surface area contributed by atoms with E-state index >= 15 is 0 Å². The molecule has 1 atom stereocenters. The summed E-state index contributed by atoms with van der Waals surface area (Å²) in [6.45, 7) is 1.83. The van der Waals surface area contributed by atoms with Gasteiger partial charge in [-0.3, -0.25) is 14.4 Å². The molecule has 0 aromatic heterocycles. The van der Waals surface area contributed by atoms with Gasteiger partial charge in [-0.25, -0.2) is 0 Å². The topological polar surface area (TPSA) is 106 Å². The van der Waals surface area contributed by atoms with Crippen molar-refractivity contribution >= 4 is 46.9 Å². The van der Waals surface area contributed by atoms with E-state index in [2.05, 4.69) is 16.0 Å². The van der Waals surface area contributed by atoms with Gasteiger partial charge in [0, 0.05) is 27.4 Å². The van der Waals surface area contributed by atoms with Crippen LogP contribution in [0, 0.1) is 0 Å². The zero-order chi connectivity index (χ0) is 33.0. The number of thioether (sulfide) groups is 1. The van der Waals surface area contributed by atoms with E-state index in [0.717, 1.165) is 10.6 Å². The maximum atomic E-state index is 13.4. The number of amides is 3. The molecule has 0 aliphatic carbocycles. The van der Waals surface area contributed by atoms with E-state index in [1.165, 1.54) is 11.8 Å². The number of rotatable bonds is 12. The molecule has 5 rings (SSSR count). The summed E-state index contributed by atoms with van der Waals surface area (Å²) in [5.41, 5.74) is 2.28. The van der Waals surface area contributed by atoms with E-state index < -0.39 is 11.8 Å². The molecule has 1 unspecified atom stereocenters. The lowest BCUT2D eigenvalue weighted by Gasteiger charge is -2.14. The number of para-hydroxylation sites is 2. The van der Waals surface area contributed by atoms with Crippen molar-refractivity contribution in [3.63, 3.8) is 0 Å². The maximum absolute atomic E-state index is 13.4. The Balaban J connectivity index is 1.20. The third-order valence-electron chi connectivity index (χ3n) is 6.86. The van der Waals surface area contributed by atoms with E-state index in [1.807, 2.05) is 67.6 Å². The van der Waals surface area contributed by atoms with Crippen LogP contribution in [0.15, 0.2) is 144 Å². The van der Waals surface area contributed by atoms with Crippen molar-refractivity contribution < 1.29 is 23.9 Å². The average Bonchev–Trinajstić information content (AvgIpc) is 3.10. The summed E-state index contributed by atoms with van der Waals surface area (Å²) < 4.78 is 11.2. The molecule has 0 heterocycles. The fourth-order valence-electron chi connectivity index (χ4n) is 4.43. The summed E-state index contributed by atoms with van der Waals surface area (Å²) in [5.74, 6) is 0.889. The minimum absolute atomic E-state index is 0.0479. The van der Waals surface area contributed by atoms with Crippen LogP contribution in [0.5, 0.6) is 17.2 Å². The molecule has 0 fully saturated rings. The Morgan fingerprint density at radius 3 is 1.94 bits per heavy atom. The molecule has 8 nitrogen and oxygen atoms in total. The predicted molar refractivity (Wildman–Crippen MR) is 187 cm³/mol. The minimum atomic E-state index is -0.506. The van der Waals surface area contributed by atoms with Gasteiger partial charge in [-0.05, 0) is 91.9 Å². The van der Waals surface area contributed by atoms with E-state index in [0.29, 0.717) is 34.0 Å². The number of nitrogens with one attached hydrogen (secondary N) is 3. The van der Waals surface area contributed by atoms with E-state index in [-0.39, 0.29) is 16.9 Å². The molecular formula is C38H33N3O5S. The van der Waals surface area contributed by atoms with Gasteiger partial charge in [0.05, 0.1) is 12.4 Å². The van der Waals surface area contributed by atoms with Gasteiger partial charge in [0.1, 0.15) is 22.9 Å². The van der Waals surface area contributed by atoms with Crippen LogP contribution in [0.4, 0.5) is 11.4 Å². The number of benzene rings is 5. The lowest BCUT2D eigenvalue weighted by molar-refractivity contribution is -0.115. The Morgan fingerprint density at radius 1 is 0.681 bits per heavy atom. The van der Waals surface area contributed by atoms with Gasteiger partial charge in [-0.1, -0.05) is 54.6 Å². The molecule has 0 saturated heterocycles. The van der Waals surface area contributed by atoms with Crippen LogP contribution in [-0.4, -0.2) is 30.1 Å². The van der Waals surface area contributed by atoms with Crippen LogP contribution in [0.1, 0.15) is 22.8 Å². The monoisotopic (exact) mass is 643 g/mol. The summed E-state index contributed by atoms with van der Waals surface area (Å²) >= 11 is 1.39. The number of ether oxygens (including phenoxy) is 2. The molecule has 0 aliphatic rings. The standard InChI is InChI=1S/C38H33N3O5S/c1-26(36(42)39-29-17-21-32(22-18-29)46-31-14-7-4-8-15-31)47-33-23-19-30(20-24-33)40-38(44)34(25-28-13-9-10-16-35(28)45-2)41-37(43)27-11-5-3-6-12-27/h3-26H,1-2H3,(H,39,42)(H,40,44)(H,41,43)/b34-25-. The summed E-state index contributed by atoms with van der Waals surface area (Å²) in [6, 6.07) is 39.7. The van der Waals surface area contributed by atoms with Gasteiger partial charge < -0.3 is 25.4 Å². The average molecular weight is 644 g/mol. The van der Waals surface area contributed by atoms with Crippen LogP contribution in [0.3, 0.4) is 0 Å². The first-order valence-electron chi connectivity index (χ1n) is 14.8. The van der Waals surface area contributed by atoms with Gasteiger partial charge in [0.2, 0.25) is 5.91 Å². The molecule has 9 heteroatoms. The van der Waals surface area contributed by atoms with Crippen LogP contribution >= 0.6 is 11.8 Å². The minimum Gasteiger partial charge on any atom is -0.496 e. The van der Waals surface area contributed by atoms with Crippen LogP contribution < -0.4 is 25.4 Å². The fourth-order valence-corrected chi connectivity index (χ4v) is 5.30. The Morgan fingerprint density at radius 2 is 1.26 bits per heavy atom. The zero-order valence-electron chi connectivity index (χ0n) is 25.8. The van der Waals surface area contributed by atoms with Gasteiger partial charge in [0.25, 0.3) is 11.8 Å². The molecule has 0 bridgehead atoms. The largest absolute Gasteiger partial charge is 0.496 e. The molecule has 0 saturated carbocycles. The van der Waals surface area contributed by atoms with Crippen molar-refractivity contribution in [1.82, 2.24) is 5.32 Å². The molecule has 0 aliphatic heterocycles. The highest BCUT2D eigenvalue weighted by atomic mass is 32.2. The first-order chi connectivity index (χ1) is 22.9. The Hall–Kier alpha value is -5.80. The third-order valence-corrected chi connectivity index (χ3v) is 7.97. The lowest BCUT2D eigenvalue weighted by Crippen LogP contribution is -2.30. The second kappa shape index (κ2) is 16.0. The fraction of sp³-hybridized carbons (Fsp3) is 0.0789. The Labute approximate surface area is 277 Å². The Bertz CT molecular complexity index is 1840. The number of hydrogen-bond acceptors (Lipinski definition) is 6. The molecule has 5 aromatic rings. The summed E-state index contributed by atoms with van der Waals surface area (Å²) in [4.78, 5) is 40.1. The van der Waals surface area contributed by atoms with Gasteiger partial charge in [-0.2, -0.15) is 0 Å². The summed E-state index contributed by atoms with van der Waals surface area (Å²) in [5, 5.41) is 8.13. The van der Waals surface area contributed by atoms with Crippen molar-refractivity contribution in [2.75, 3.05) is 17.7 Å². The molecule has 5 aromatic carbocycles. The van der Waals surface area contributed by atoms with Crippen LogP contribution in [0.25, 0.3) is 6.08 Å². The molecule has 3 N–H and O–H groups in total. The molecule has 3 amide bonds. The van der Waals surface area contributed by atoms with Crippen molar-refractivity contribution in [3.8, 4) is 17.2 Å². The van der Waals surface area contributed by atoms with Gasteiger partial charge in [-0.15, -0.1) is 11.8 Å². The van der Waals surface area contributed by atoms with E-state index in [1.54, 1.807) is 86.0 Å². The Kier molecular flexibility index (Phi) is 11.1. The molecule has 236 valence electrons. The quantitative estimate of drug-likeness (QED) is 0.0940. The zero-order valence-corrected chi connectivity index (χ0v) is 26.6. The van der Waals surface area contributed by atoms with Crippen LogP contribution in [-0.2, 0) is 9.59 Å². The maximum Gasteiger partial charge on any atom is 0.272 e. The first-order valence-corrected chi connectivity index (χ1v) is 15.7. The summed E-state index contributed by atoms with van der Waals surface area (Å²) in [7, 11) is 1.54. The lowest BCUT2D eigenvalue weighted by atomic mass is 10.1. The summed E-state index contributed by atoms with van der Waals surface area (Å²) in [6.07, 6.45) is 1.57. The predicted octanol–water partition coefficient (Wildman–Crippen LogP) is 8.02. The second-order valence-electron chi connectivity index (χ2n) is 10.3. The second-order valence-corrected chi connectivity index (χ2v) is 11.7. The molecular weight excluding hydrogens is 611 g/mol. The number of hydrogen-bond donors (Lipinski definition) is 3. The van der Waals surface area contributed by atoms with Crippen molar-refractivity contribution in [1.29, 1.82) is 0 Å². The number of methoxy groups -OCH3 is 1. The van der Waals surface area contributed by atoms with Crippen molar-refractivity contribution in [2.24, 2.45) is 0 Å². The highest BCUT2D eigenvalue weighted by Gasteiger charge is 2.18. The SMILES string of the molecule is COc1ccccc1/C=C(\NC(=O)c1ccccc1)C(=O)Nc1ccc(SC(C)C(=O)Nc2ccc(Oc3ccccc3)cc2)cc1.